The van der Waals surface area contributed by atoms with Crippen molar-refractivity contribution in [3.05, 3.63) is 129 Å². The van der Waals surface area contributed by atoms with Gasteiger partial charge in [0.2, 0.25) is 11.8 Å². The number of hydrogen-bond donors (Lipinski definition) is 3. The maximum Gasteiger partial charge on any atom is 0.303 e. The van der Waals surface area contributed by atoms with Crippen molar-refractivity contribution in [3.63, 3.8) is 0 Å². The van der Waals surface area contributed by atoms with Crippen LogP contribution in [0.3, 0.4) is 0 Å². The van der Waals surface area contributed by atoms with Gasteiger partial charge in [-0.2, -0.15) is 5.01 Å². The number of halogens is 2. The Morgan fingerprint density at radius 3 is 2.32 bits per heavy atom. The molecule has 2 heterocycles. The number of allylic oxidation sites excluding steroid dienone is 2. The summed E-state index contributed by atoms with van der Waals surface area (Å²) < 4.78 is 11.6. The third-order valence-electron chi connectivity index (χ3n) is 12.5. The maximum absolute atomic E-state index is 15.6. The Kier molecular flexibility index (Phi) is 11.4. The van der Waals surface area contributed by atoms with Crippen LogP contribution in [0.2, 0.25) is 10.0 Å². The molecular weight excluding hydrogens is 809 g/mol. The number of nitrogens with zero attached hydrogens (tertiary/aromatic N) is 2. The number of hydrazine groups is 1. The zero-order valence-corrected chi connectivity index (χ0v) is 34.2. The molecule has 2 aliphatic heterocycles. The monoisotopic (exact) mass is 851 g/mol. The molecule has 6 unspecified atom stereocenters. The molecule has 4 aliphatic rings. The first kappa shape index (κ1) is 40.9. The summed E-state index contributed by atoms with van der Waals surface area (Å²) in [6.45, 7) is 0.390. The summed E-state index contributed by atoms with van der Waals surface area (Å²) in [5.74, 6) is -6.23. The quantitative estimate of drug-likeness (QED) is 0.0646. The zero-order chi connectivity index (χ0) is 42.3. The molecule has 60 heavy (non-hydrogen) atoms. The fraction of sp³-hybridized carbons (Fsp3) is 0.326. The molecule has 0 bridgehead atoms. The molecule has 0 aromatic heterocycles. The van der Waals surface area contributed by atoms with Gasteiger partial charge < -0.3 is 19.7 Å². The van der Waals surface area contributed by atoms with Crippen LogP contribution in [0.4, 0.5) is 5.69 Å². The summed E-state index contributed by atoms with van der Waals surface area (Å²) in [5, 5.41) is 22.6. The third kappa shape index (κ3) is 7.15. The highest BCUT2D eigenvalue weighted by Gasteiger charge is 2.70. The Bertz CT molecular complexity index is 2390. The van der Waals surface area contributed by atoms with Crippen molar-refractivity contribution in [2.45, 2.75) is 56.5 Å². The number of rotatable bonds is 14. The van der Waals surface area contributed by atoms with Crippen molar-refractivity contribution in [2.75, 3.05) is 19.1 Å². The average molecular weight is 853 g/mol. The van der Waals surface area contributed by atoms with E-state index in [1.807, 2.05) is 36.4 Å². The number of ether oxygens (including phenoxy) is 2. The van der Waals surface area contributed by atoms with E-state index in [4.69, 9.17) is 37.8 Å². The van der Waals surface area contributed by atoms with E-state index >= 15 is 9.59 Å². The molecule has 3 N–H and O–H groups in total. The number of nitrogens with one attached hydrogen (secondary N) is 1. The molecule has 2 aliphatic carbocycles. The molecule has 1 saturated carbocycles. The number of likely N-dealkylation sites (tertiary alicyclic amines) is 1. The van der Waals surface area contributed by atoms with E-state index < -0.39 is 52.8 Å². The van der Waals surface area contributed by atoms with Crippen LogP contribution in [-0.4, -0.2) is 63.4 Å². The lowest BCUT2D eigenvalue weighted by Crippen LogP contribution is -2.53. The molecule has 0 radical (unpaired) electrons. The molecule has 6 atom stereocenters. The molecule has 4 aromatic carbocycles. The van der Waals surface area contributed by atoms with Crippen LogP contribution in [0.1, 0.15) is 61.1 Å². The number of phenolic OH excluding ortho intramolecular Hbond substituents is 1. The van der Waals surface area contributed by atoms with Crippen LogP contribution < -0.4 is 14.9 Å². The minimum Gasteiger partial charge on any atom is -0.508 e. The van der Waals surface area contributed by atoms with Gasteiger partial charge in [-0.3, -0.25) is 34.3 Å². The molecule has 4 aromatic rings. The largest absolute Gasteiger partial charge is 0.508 e. The first-order valence-electron chi connectivity index (χ1n) is 19.9. The topological polar surface area (TPSA) is 163 Å². The Hall–Kier alpha value is -5.85. The van der Waals surface area contributed by atoms with E-state index in [0.717, 1.165) is 10.6 Å². The molecule has 8 rings (SSSR count). The number of fused-ring (bicyclic) bond motifs is 4. The van der Waals surface area contributed by atoms with Crippen molar-refractivity contribution in [3.8, 4) is 17.2 Å². The van der Waals surface area contributed by atoms with Gasteiger partial charge in [0.1, 0.15) is 23.9 Å². The van der Waals surface area contributed by atoms with Crippen LogP contribution >= 0.6 is 23.2 Å². The molecule has 14 heteroatoms. The number of carbonyl (C=O) groups is 5. The number of unbranched alkanes of at least 4 members (excludes halogenated alkanes) is 2. The zero-order valence-electron chi connectivity index (χ0n) is 32.7. The summed E-state index contributed by atoms with van der Waals surface area (Å²) >= 11 is 12.8. The summed E-state index contributed by atoms with van der Waals surface area (Å²) in [7, 11) is 1.53. The van der Waals surface area contributed by atoms with Gasteiger partial charge in [0.25, 0.3) is 11.8 Å². The van der Waals surface area contributed by atoms with E-state index in [0.29, 0.717) is 52.5 Å². The minimum atomic E-state index is -1.66. The van der Waals surface area contributed by atoms with Crippen molar-refractivity contribution < 1.29 is 43.7 Å². The number of hydrogen-bond acceptors (Lipinski definition) is 9. The smallest absolute Gasteiger partial charge is 0.303 e. The third-order valence-corrected chi connectivity index (χ3v) is 13.1. The predicted molar refractivity (Wildman–Crippen MR) is 222 cm³/mol. The Labute approximate surface area is 356 Å². The number of phenols is 1. The molecule has 0 spiro atoms. The average Bonchev–Trinajstić information content (AvgIpc) is 3.61. The van der Waals surface area contributed by atoms with Crippen LogP contribution in [0.5, 0.6) is 17.2 Å². The van der Waals surface area contributed by atoms with Gasteiger partial charge in [0, 0.05) is 35.5 Å². The molecule has 2 saturated heterocycles. The summed E-state index contributed by atoms with van der Waals surface area (Å²) in [4.78, 5) is 71.4. The SMILES string of the molecule is COc1ccc(C23C(=O)N(Nc4ccc(Cl)cc4Cl)C(=O)C2CC2C(=CCC4C(=O)N(CCCCCC(=O)O)C(=O)C42)C3c2ccc(OCc3ccccc3)cc2O)cc1. The number of aromatic hydroxyl groups is 1. The van der Waals surface area contributed by atoms with Gasteiger partial charge in [-0.05, 0) is 79.1 Å². The highest BCUT2D eigenvalue weighted by Crippen LogP contribution is 2.65. The van der Waals surface area contributed by atoms with Crippen molar-refractivity contribution in [1.29, 1.82) is 0 Å². The predicted octanol–water partition coefficient (Wildman–Crippen LogP) is 7.92. The van der Waals surface area contributed by atoms with E-state index in [2.05, 4.69) is 5.43 Å². The Morgan fingerprint density at radius 1 is 0.867 bits per heavy atom. The number of aliphatic carboxylic acids is 1. The lowest BCUT2D eigenvalue weighted by molar-refractivity contribution is -0.141. The molecule has 4 amide bonds. The maximum atomic E-state index is 15.6. The number of amides is 4. The normalized spacial score (nSPS) is 24.4. The van der Waals surface area contributed by atoms with Gasteiger partial charge in [-0.1, -0.05) is 89.8 Å². The number of carbonyl (C=O) groups excluding carboxylic acids is 4. The first-order chi connectivity index (χ1) is 28.9. The summed E-state index contributed by atoms with van der Waals surface area (Å²) in [6, 6.07) is 26.0. The second-order valence-electron chi connectivity index (χ2n) is 15.7. The second kappa shape index (κ2) is 16.7. The molecule has 12 nitrogen and oxygen atoms in total. The fourth-order valence-corrected chi connectivity index (χ4v) is 10.2. The molecule has 3 fully saturated rings. The van der Waals surface area contributed by atoms with Gasteiger partial charge in [-0.15, -0.1) is 0 Å². The van der Waals surface area contributed by atoms with Crippen LogP contribution in [-0.2, 0) is 36.0 Å². The number of benzene rings is 4. The van der Waals surface area contributed by atoms with Gasteiger partial charge >= 0.3 is 5.97 Å². The highest BCUT2D eigenvalue weighted by molar-refractivity contribution is 6.36. The summed E-state index contributed by atoms with van der Waals surface area (Å²) in [6.07, 6.45) is 3.58. The van der Waals surface area contributed by atoms with Crippen molar-refractivity contribution in [1.82, 2.24) is 9.91 Å². The van der Waals surface area contributed by atoms with Crippen LogP contribution in [0.15, 0.2) is 103 Å². The van der Waals surface area contributed by atoms with Gasteiger partial charge in [0.05, 0.1) is 41.0 Å². The Morgan fingerprint density at radius 2 is 1.62 bits per heavy atom. The highest BCUT2D eigenvalue weighted by atomic mass is 35.5. The lowest BCUT2D eigenvalue weighted by Gasteiger charge is -2.50. The number of carboxylic acids is 1. The van der Waals surface area contributed by atoms with Crippen LogP contribution in [0.25, 0.3) is 0 Å². The van der Waals surface area contributed by atoms with E-state index in [-0.39, 0.29) is 60.7 Å². The van der Waals surface area contributed by atoms with E-state index in [1.165, 1.54) is 24.1 Å². The van der Waals surface area contributed by atoms with E-state index in [1.54, 1.807) is 48.5 Å². The fourth-order valence-electron chi connectivity index (χ4n) is 9.79. The number of carboxylic acid groups (broad SMARTS) is 1. The van der Waals surface area contributed by atoms with Crippen LogP contribution in [0, 0.1) is 23.7 Å². The van der Waals surface area contributed by atoms with Gasteiger partial charge in [-0.25, -0.2) is 0 Å². The van der Waals surface area contributed by atoms with Crippen molar-refractivity contribution in [2.24, 2.45) is 23.7 Å². The second-order valence-corrected chi connectivity index (χ2v) is 16.6. The lowest BCUT2D eigenvalue weighted by atomic mass is 9.49. The number of imide groups is 2. The standard InChI is InChI=1S/C46H43Cl2N3O9/c1-59-29-14-11-27(12-15-29)46-35(43(56)51(45(46)58)49-37-20-13-28(47)22-36(37)48)24-34-31(18-19-33-40(34)44(57)50(42(33)55)21-7-3-6-10-39(53)54)41(46)32-17-16-30(23-38(32)52)60-25-26-8-4-2-5-9-26/h2,4-5,8-9,11-18,20,22-23,33-35,40-41,49,52H,3,6-7,10,19,21,24-25H2,1H3,(H,53,54). The number of anilines is 1. The molecule has 310 valence electrons. The Balaban J connectivity index is 1.25. The van der Waals surface area contributed by atoms with Gasteiger partial charge in [0.15, 0.2) is 0 Å². The summed E-state index contributed by atoms with van der Waals surface area (Å²) in [5.41, 5.74) is 4.01. The minimum absolute atomic E-state index is 0.00293. The molecular formula is C46H43Cl2N3O9. The number of methoxy groups -OCH3 is 1. The first-order valence-corrected chi connectivity index (χ1v) is 20.7. The van der Waals surface area contributed by atoms with Crippen molar-refractivity contribution >= 4 is 58.5 Å². The van der Waals surface area contributed by atoms with E-state index in [9.17, 15) is 19.5 Å².